The molecule has 3 fully saturated rings. The normalized spacial score (nSPS) is 32.0. The van der Waals surface area contributed by atoms with Crippen molar-refractivity contribution in [3.8, 4) is 0 Å². The third-order valence-electron chi connectivity index (χ3n) is 7.04. The Morgan fingerprint density at radius 1 is 1.07 bits per heavy atom. The molecule has 0 radical (unpaired) electrons. The third kappa shape index (κ3) is 2.03. The summed E-state index contributed by atoms with van der Waals surface area (Å²) in [5.41, 5.74) is 0.554. The second kappa shape index (κ2) is 5.98. The van der Waals surface area contributed by atoms with Crippen molar-refractivity contribution in [1.82, 2.24) is 4.90 Å². The molecular weight excluding hydrogens is 453 g/mol. The molecule has 4 aliphatic heterocycles. The molecule has 3 amide bonds. The van der Waals surface area contributed by atoms with Crippen molar-refractivity contribution in [2.45, 2.75) is 24.4 Å². The number of fused-ring (bicyclic) bond motifs is 7. The molecule has 0 saturated carbocycles. The smallest absolute Gasteiger partial charge is 0.250 e. The number of halogens is 2. The molecule has 6 rings (SSSR count). The van der Waals surface area contributed by atoms with Crippen LogP contribution in [0.1, 0.15) is 18.4 Å². The van der Waals surface area contributed by atoms with Crippen molar-refractivity contribution in [3.05, 3.63) is 58.3 Å². The molecular formula is C22H17BrFN3O3. The van der Waals surface area contributed by atoms with Crippen molar-refractivity contribution in [3.63, 3.8) is 0 Å². The molecule has 3 saturated heterocycles. The summed E-state index contributed by atoms with van der Waals surface area (Å²) in [6, 6.07) is 10.7. The van der Waals surface area contributed by atoms with Crippen LogP contribution in [0.3, 0.4) is 0 Å². The lowest BCUT2D eigenvalue weighted by molar-refractivity contribution is -0.135. The van der Waals surface area contributed by atoms with Gasteiger partial charge in [-0.25, -0.2) is 9.29 Å². The molecule has 152 valence electrons. The maximum absolute atomic E-state index is 13.7. The van der Waals surface area contributed by atoms with Gasteiger partial charge in [0, 0.05) is 21.8 Å². The van der Waals surface area contributed by atoms with E-state index in [-0.39, 0.29) is 17.9 Å². The van der Waals surface area contributed by atoms with Crippen LogP contribution in [-0.4, -0.2) is 35.2 Å². The number of benzene rings is 2. The molecule has 0 bridgehead atoms. The Hall–Kier alpha value is -2.58. The summed E-state index contributed by atoms with van der Waals surface area (Å²) in [6.07, 6.45) is 1.63. The average Bonchev–Trinajstić information content (AvgIpc) is 3.42. The van der Waals surface area contributed by atoms with Crippen LogP contribution in [0.5, 0.6) is 0 Å². The van der Waals surface area contributed by atoms with Gasteiger partial charge in [-0.1, -0.05) is 15.9 Å². The Kier molecular flexibility index (Phi) is 3.63. The van der Waals surface area contributed by atoms with E-state index >= 15 is 0 Å². The highest BCUT2D eigenvalue weighted by molar-refractivity contribution is 9.10. The van der Waals surface area contributed by atoms with E-state index in [1.807, 2.05) is 18.2 Å². The molecule has 4 atom stereocenters. The minimum atomic E-state index is -1.20. The van der Waals surface area contributed by atoms with Crippen LogP contribution in [0, 0.1) is 17.7 Å². The predicted octanol–water partition coefficient (Wildman–Crippen LogP) is 3.02. The summed E-state index contributed by atoms with van der Waals surface area (Å²) in [5, 5.41) is 2.95. The van der Waals surface area contributed by atoms with E-state index in [0.29, 0.717) is 17.9 Å². The van der Waals surface area contributed by atoms with Crippen molar-refractivity contribution >= 4 is 45.0 Å². The van der Waals surface area contributed by atoms with Crippen LogP contribution in [0.4, 0.5) is 15.8 Å². The molecule has 4 heterocycles. The minimum Gasteiger partial charge on any atom is -0.324 e. The minimum absolute atomic E-state index is 0.174. The number of anilines is 2. The standard InChI is InChI=1S/C22H17BrFN3O3/c23-11-3-8-15-14(10-11)22(21(30)25-15)18-17(16-2-1-9-26(16)22)19(28)27(20(18)29)13-6-4-12(24)5-7-13/h3-8,10,16-18H,1-2,9H2,(H,25,30)/t16-,17+,18-,22-/m0/s1. The highest BCUT2D eigenvalue weighted by Gasteiger charge is 2.74. The van der Waals surface area contributed by atoms with E-state index in [4.69, 9.17) is 0 Å². The zero-order valence-corrected chi connectivity index (χ0v) is 17.4. The number of nitrogens with zero attached hydrogens (tertiary/aromatic N) is 2. The van der Waals surface area contributed by atoms with Crippen molar-refractivity contribution in [1.29, 1.82) is 0 Å². The van der Waals surface area contributed by atoms with E-state index in [1.165, 1.54) is 24.3 Å². The van der Waals surface area contributed by atoms with Crippen LogP contribution in [0.2, 0.25) is 0 Å². The Morgan fingerprint density at radius 2 is 1.83 bits per heavy atom. The highest BCUT2D eigenvalue weighted by atomic mass is 79.9. The molecule has 0 unspecified atom stereocenters. The first-order valence-corrected chi connectivity index (χ1v) is 10.8. The summed E-state index contributed by atoms with van der Waals surface area (Å²) in [6.45, 7) is 0.661. The van der Waals surface area contributed by atoms with Gasteiger partial charge in [0.2, 0.25) is 17.7 Å². The lowest BCUT2D eigenvalue weighted by atomic mass is 9.75. The Morgan fingerprint density at radius 3 is 2.60 bits per heavy atom. The van der Waals surface area contributed by atoms with Gasteiger partial charge in [-0.2, -0.15) is 0 Å². The fraction of sp³-hybridized carbons (Fsp3) is 0.318. The first-order chi connectivity index (χ1) is 14.4. The first kappa shape index (κ1) is 18.2. The van der Waals surface area contributed by atoms with Gasteiger partial charge in [-0.15, -0.1) is 0 Å². The summed E-state index contributed by atoms with van der Waals surface area (Å²) in [4.78, 5) is 43.9. The summed E-state index contributed by atoms with van der Waals surface area (Å²) >= 11 is 3.49. The number of imide groups is 1. The van der Waals surface area contributed by atoms with E-state index in [1.54, 1.807) is 0 Å². The molecule has 1 N–H and O–H groups in total. The van der Waals surface area contributed by atoms with Gasteiger partial charge < -0.3 is 5.32 Å². The molecule has 2 aromatic carbocycles. The Labute approximate surface area is 180 Å². The van der Waals surface area contributed by atoms with E-state index in [9.17, 15) is 18.8 Å². The van der Waals surface area contributed by atoms with Gasteiger partial charge in [0.15, 0.2) is 0 Å². The first-order valence-electron chi connectivity index (χ1n) is 9.96. The van der Waals surface area contributed by atoms with Crippen molar-refractivity contribution in [2.24, 2.45) is 11.8 Å². The second-order valence-corrected chi connectivity index (χ2v) is 9.22. The predicted molar refractivity (Wildman–Crippen MR) is 110 cm³/mol. The number of carbonyl (C=O) groups excluding carboxylic acids is 3. The molecule has 0 aromatic heterocycles. The quantitative estimate of drug-likeness (QED) is 0.651. The summed E-state index contributed by atoms with van der Waals surface area (Å²) < 4.78 is 14.2. The average molecular weight is 470 g/mol. The zero-order chi connectivity index (χ0) is 20.8. The number of hydrogen-bond acceptors (Lipinski definition) is 4. The maximum atomic E-state index is 13.7. The molecule has 1 spiro atoms. The molecule has 8 heteroatoms. The van der Waals surface area contributed by atoms with Gasteiger partial charge in [0.25, 0.3) is 0 Å². The fourth-order valence-electron chi connectivity index (χ4n) is 6.02. The van der Waals surface area contributed by atoms with Gasteiger partial charge >= 0.3 is 0 Å². The third-order valence-corrected chi connectivity index (χ3v) is 7.53. The lowest BCUT2D eigenvalue weighted by Gasteiger charge is -2.36. The number of hydrogen-bond donors (Lipinski definition) is 1. The molecule has 0 aliphatic carbocycles. The monoisotopic (exact) mass is 469 g/mol. The van der Waals surface area contributed by atoms with Crippen LogP contribution in [0.25, 0.3) is 0 Å². The van der Waals surface area contributed by atoms with E-state index in [2.05, 4.69) is 26.1 Å². The van der Waals surface area contributed by atoms with Crippen LogP contribution in [-0.2, 0) is 19.9 Å². The van der Waals surface area contributed by atoms with Crippen LogP contribution < -0.4 is 10.2 Å². The lowest BCUT2D eigenvalue weighted by Crippen LogP contribution is -2.54. The number of amides is 3. The molecule has 6 nitrogen and oxygen atoms in total. The Balaban J connectivity index is 1.56. The Bertz CT molecular complexity index is 1140. The van der Waals surface area contributed by atoms with E-state index < -0.39 is 29.1 Å². The molecule has 2 aromatic rings. The van der Waals surface area contributed by atoms with Gasteiger partial charge in [-0.05, 0) is 61.9 Å². The van der Waals surface area contributed by atoms with E-state index in [0.717, 1.165) is 27.8 Å². The van der Waals surface area contributed by atoms with Gasteiger partial charge in [0.1, 0.15) is 11.4 Å². The van der Waals surface area contributed by atoms with Gasteiger partial charge in [-0.3, -0.25) is 19.3 Å². The van der Waals surface area contributed by atoms with Crippen molar-refractivity contribution < 1.29 is 18.8 Å². The van der Waals surface area contributed by atoms with Crippen LogP contribution in [0.15, 0.2) is 46.9 Å². The van der Waals surface area contributed by atoms with Crippen LogP contribution >= 0.6 is 15.9 Å². The SMILES string of the molecule is O=C1[C@H]2[C@@H](C(=O)N1c1ccc(F)cc1)[C@@]1(C(=O)Nc3ccc(Br)cc31)N1CCC[C@@H]21. The fourth-order valence-corrected chi connectivity index (χ4v) is 6.38. The van der Waals surface area contributed by atoms with Crippen molar-refractivity contribution in [2.75, 3.05) is 16.8 Å². The number of carbonyl (C=O) groups is 3. The summed E-state index contributed by atoms with van der Waals surface area (Å²) in [7, 11) is 0. The second-order valence-electron chi connectivity index (χ2n) is 8.31. The summed E-state index contributed by atoms with van der Waals surface area (Å²) in [5.74, 6) is -2.80. The molecule has 4 aliphatic rings. The molecule has 30 heavy (non-hydrogen) atoms. The zero-order valence-electron chi connectivity index (χ0n) is 15.8. The number of nitrogens with one attached hydrogen (secondary N) is 1. The number of rotatable bonds is 1. The highest BCUT2D eigenvalue weighted by Crippen LogP contribution is 2.60. The largest absolute Gasteiger partial charge is 0.324 e. The van der Waals surface area contributed by atoms with Gasteiger partial charge in [0.05, 0.1) is 17.5 Å². The maximum Gasteiger partial charge on any atom is 0.250 e. The topological polar surface area (TPSA) is 69.7 Å².